The first-order chi connectivity index (χ1) is 8.28. The normalized spacial score (nSPS) is 34.3. The largest absolute Gasteiger partial charge is 0.384 e. The molecule has 2 nitrogen and oxygen atoms in total. The number of rotatable bonds is 1. The fourth-order valence-electron chi connectivity index (χ4n) is 3.40. The van der Waals surface area contributed by atoms with Gasteiger partial charge in [-0.2, -0.15) is 0 Å². The summed E-state index contributed by atoms with van der Waals surface area (Å²) in [6.07, 6.45) is 6.04. The van der Waals surface area contributed by atoms with Gasteiger partial charge in [0.2, 0.25) is 0 Å². The van der Waals surface area contributed by atoms with Crippen molar-refractivity contribution < 1.29 is 5.11 Å². The van der Waals surface area contributed by atoms with E-state index in [0.29, 0.717) is 0 Å². The first-order valence-electron chi connectivity index (χ1n) is 6.80. The van der Waals surface area contributed by atoms with Crippen LogP contribution in [-0.2, 0) is 5.60 Å². The van der Waals surface area contributed by atoms with Crippen LogP contribution < -0.4 is 0 Å². The van der Waals surface area contributed by atoms with Gasteiger partial charge in [0.15, 0.2) is 0 Å². The Morgan fingerprint density at radius 3 is 2.76 bits per heavy atom. The Morgan fingerprint density at radius 2 is 1.94 bits per heavy atom. The van der Waals surface area contributed by atoms with Gasteiger partial charge >= 0.3 is 0 Å². The topological polar surface area (TPSA) is 23.5 Å². The lowest BCUT2D eigenvalue weighted by Gasteiger charge is -2.46. The van der Waals surface area contributed by atoms with Crippen LogP contribution in [0.3, 0.4) is 0 Å². The zero-order chi connectivity index (χ0) is 11.7. The Balaban J connectivity index is 1.80. The van der Waals surface area contributed by atoms with E-state index < -0.39 is 5.60 Å². The molecule has 2 unspecified atom stereocenters. The van der Waals surface area contributed by atoms with E-state index in [2.05, 4.69) is 17.0 Å². The standard InChI is InChI=1S/C15H21NO/c17-15(13-6-2-1-3-7-13)10-9-14-8-4-5-11-16(14)12-15/h1-3,6-7,14,17H,4-5,8-12H2. The fourth-order valence-corrected chi connectivity index (χ4v) is 3.40. The molecule has 2 saturated heterocycles. The zero-order valence-electron chi connectivity index (χ0n) is 10.3. The molecular formula is C15H21NO. The number of hydrogen-bond donors (Lipinski definition) is 1. The molecule has 2 fully saturated rings. The number of piperidine rings is 2. The highest BCUT2D eigenvalue weighted by atomic mass is 16.3. The van der Waals surface area contributed by atoms with Crippen LogP contribution in [0, 0.1) is 0 Å². The molecular weight excluding hydrogens is 210 g/mol. The zero-order valence-corrected chi connectivity index (χ0v) is 10.3. The Bertz CT molecular complexity index is 378. The van der Waals surface area contributed by atoms with E-state index in [4.69, 9.17) is 0 Å². The van der Waals surface area contributed by atoms with Gasteiger partial charge in [0.1, 0.15) is 5.60 Å². The van der Waals surface area contributed by atoms with Crippen LogP contribution in [0.2, 0.25) is 0 Å². The van der Waals surface area contributed by atoms with Crippen molar-refractivity contribution in [2.24, 2.45) is 0 Å². The van der Waals surface area contributed by atoms with Crippen molar-refractivity contribution in [1.82, 2.24) is 4.90 Å². The predicted molar refractivity (Wildman–Crippen MR) is 68.8 cm³/mol. The lowest BCUT2D eigenvalue weighted by Crippen LogP contribution is -2.52. The highest BCUT2D eigenvalue weighted by Crippen LogP contribution is 2.37. The van der Waals surface area contributed by atoms with Crippen LogP contribution in [0.25, 0.3) is 0 Å². The number of aliphatic hydroxyl groups is 1. The van der Waals surface area contributed by atoms with Crippen LogP contribution in [0.5, 0.6) is 0 Å². The van der Waals surface area contributed by atoms with Gasteiger partial charge in [-0.1, -0.05) is 36.8 Å². The quantitative estimate of drug-likeness (QED) is 0.803. The van der Waals surface area contributed by atoms with Crippen molar-refractivity contribution in [1.29, 1.82) is 0 Å². The molecule has 2 heterocycles. The minimum absolute atomic E-state index is 0.616. The molecule has 0 radical (unpaired) electrons. The predicted octanol–water partition coefficient (Wildman–Crippen LogP) is 2.52. The lowest BCUT2D eigenvalue weighted by atomic mass is 9.80. The van der Waals surface area contributed by atoms with Gasteiger partial charge in [-0.3, -0.25) is 4.90 Å². The van der Waals surface area contributed by atoms with Gasteiger partial charge in [0.25, 0.3) is 0 Å². The van der Waals surface area contributed by atoms with E-state index in [1.54, 1.807) is 0 Å². The molecule has 0 aliphatic carbocycles. The SMILES string of the molecule is OC1(c2ccccc2)CCC2CCCCN2C1. The Morgan fingerprint density at radius 1 is 1.12 bits per heavy atom. The molecule has 1 N–H and O–H groups in total. The molecule has 0 aromatic heterocycles. The number of fused-ring (bicyclic) bond motifs is 1. The summed E-state index contributed by atoms with van der Waals surface area (Å²) in [5, 5.41) is 10.8. The van der Waals surface area contributed by atoms with Gasteiger partial charge < -0.3 is 5.11 Å². The van der Waals surface area contributed by atoms with Gasteiger partial charge in [-0.15, -0.1) is 0 Å². The van der Waals surface area contributed by atoms with Gasteiger partial charge in [-0.05, 0) is 37.8 Å². The second-order valence-electron chi connectivity index (χ2n) is 5.56. The van der Waals surface area contributed by atoms with Crippen molar-refractivity contribution in [3.8, 4) is 0 Å². The van der Waals surface area contributed by atoms with E-state index in [0.717, 1.165) is 31.0 Å². The van der Waals surface area contributed by atoms with Crippen LogP contribution in [0.15, 0.2) is 30.3 Å². The molecule has 3 rings (SSSR count). The van der Waals surface area contributed by atoms with Gasteiger partial charge in [0, 0.05) is 12.6 Å². The third kappa shape index (κ3) is 2.12. The molecule has 2 atom stereocenters. The molecule has 1 aromatic rings. The Hall–Kier alpha value is -0.860. The van der Waals surface area contributed by atoms with Crippen molar-refractivity contribution in [2.45, 2.75) is 43.7 Å². The average Bonchev–Trinajstić information content (AvgIpc) is 2.40. The lowest BCUT2D eigenvalue weighted by molar-refractivity contribution is -0.0661. The van der Waals surface area contributed by atoms with Crippen molar-refractivity contribution >= 4 is 0 Å². The molecule has 2 aliphatic rings. The van der Waals surface area contributed by atoms with Gasteiger partial charge in [0.05, 0.1) is 0 Å². The molecule has 1 aromatic carbocycles. The fraction of sp³-hybridized carbons (Fsp3) is 0.600. The minimum atomic E-state index is -0.616. The van der Waals surface area contributed by atoms with Crippen molar-refractivity contribution in [3.05, 3.63) is 35.9 Å². The van der Waals surface area contributed by atoms with Crippen LogP contribution in [0.1, 0.15) is 37.7 Å². The highest BCUT2D eigenvalue weighted by Gasteiger charge is 2.39. The maximum Gasteiger partial charge on any atom is 0.102 e. The highest BCUT2D eigenvalue weighted by molar-refractivity contribution is 5.23. The maximum absolute atomic E-state index is 10.8. The molecule has 17 heavy (non-hydrogen) atoms. The number of benzene rings is 1. The van der Waals surface area contributed by atoms with E-state index in [1.165, 1.54) is 25.8 Å². The third-order valence-corrected chi connectivity index (χ3v) is 4.42. The summed E-state index contributed by atoms with van der Waals surface area (Å²) in [7, 11) is 0. The molecule has 0 saturated carbocycles. The smallest absolute Gasteiger partial charge is 0.102 e. The van der Waals surface area contributed by atoms with Crippen molar-refractivity contribution in [2.75, 3.05) is 13.1 Å². The van der Waals surface area contributed by atoms with Crippen LogP contribution in [-0.4, -0.2) is 29.1 Å². The maximum atomic E-state index is 10.8. The summed E-state index contributed by atoms with van der Waals surface area (Å²) in [5.41, 5.74) is 0.471. The number of hydrogen-bond acceptors (Lipinski definition) is 2. The molecule has 2 heteroatoms. The summed E-state index contributed by atoms with van der Waals surface area (Å²) < 4.78 is 0. The van der Waals surface area contributed by atoms with Gasteiger partial charge in [-0.25, -0.2) is 0 Å². The number of nitrogens with zero attached hydrogens (tertiary/aromatic N) is 1. The first kappa shape index (κ1) is 11.2. The Kier molecular flexibility index (Phi) is 2.93. The van der Waals surface area contributed by atoms with Crippen molar-refractivity contribution in [3.63, 3.8) is 0 Å². The van der Waals surface area contributed by atoms with Crippen LogP contribution >= 0.6 is 0 Å². The average molecular weight is 231 g/mol. The van der Waals surface area contributed by atoms with E-state index >= 15 is 0 Å². The molecule has 2 aliphatic heterocycles. The summed E-state index contributed by atoms with van der Waals surface area (Å²) >= 11 is 0. The third-order valence-electron chi connectivity index (χ3n) is 4.42. The van der Waals surface area contributed by atoms with E-state index in [1.807, 2.05) is 18.2 Å². The first-order valence-corrected chi connectivity index (χ1v) is 6.80. The molecule has 0 bridgehead atoms. The summed E-state index contributed by atoms with van der Waals surface area (Å²) in [5.74, 6) is 0. The second-order valence-corrected chi connectivity index (χ2v) is 5.56. The van der Waals surface area contributed by atoms with E-state index in [9.17, 15) is 5.11 Å². The monoisotopic (exact) mass is 231 g/mol. The summed E-state index contributed by atoms with van der Waals surface area (Å²) in [6, 6.07) is 10.9. The Labute approximate surface area is 103 Å². The van der Waals surface area contributed by atoms with E-state index in [-0.39, 0.29) is 0 Å². The van der Waals surface area contributed by atoms with Crippen LogP contribution in [0.4, 0.5) is 0 Å². The minimum Gasteiger partial charge on any atom is -0.384 e. The second kappa shape index (κ2) is 4.43. The molecule has 92 valence electrons. The summed E-state index contributed by atoms with van der Waals surface area (Å²) in [6.45, 7) is 1.99. The molecule has 0 amide bonds. The summed E-state index contributed by atoms with van der Waals surface area (Å²) in [4.78, 5) is 2.50. The molecule has 0 spiro atoms.